The number of hydrogen-bond donors (Lipinski definition) is 1. The molecule has 0 unspecified atom stereocenters. The highest BCUT2D eigenvalue weighted by Gasteiger charge is 2.36. The van der Waals surface area contributed by atoms with E-state index in [1.165, 1.54) is 31.4 Å². The average molecular weight is 341 g/mol. The van der Waals surface area contributed by atoms with Crippen LogP contribution in [-0.4, -0.2) is 27.5 Å². The molecule has 25 heavy (non-hydrogen) atoms. The molecule has 1 aromatic carbocycles. The topological polar surface area (TPSA) is 49.0 Å². The third-order valence-corrected chi connectivity index (χ3v) is 5.65. The summed E-state index contributed by atoms with van der Waals surface area (Å²) in [4.78, 5) is 15.1. The SMILES string of the molecule is O=C(C1CCCCC1)N1CCC[C@H]1c1[nH]ncc1-c1ccc(F)cc1. The molecule has 1 saturated heterocycles. The molecule has 1 aromatic heterocycles. The van der Waals surface area contributed by atoms with E-state index >= 15 is 0 Å². The third-order valence-electron chi connectivity index (χ3n) is 5.65. The highest BCUT2D eigenvalue weighted by Crippen LogP contribution is 2.38. The molecule has 1 aliphatic carbocycles. The zero-order chi connectivity index (χ0) is 17.2. The number of rotatable bonds is 3. The Labute approximate surface area is 147 Å². The summed E-state index contributed by atoms with van der Waals surface area (Å²) in [6.45, 7) is 0.821. The van der Waals surface area contributed by atoms with Crippen LogP contribution in [0.4, 0.5) is 4.39 Å². The van der Waals surface area contributed by atoms with Crippen LogP contribution >= 0.6 is 0 Å². The van der Waals surface area contributed by atoms with Crippen molar-refractivity contribution in [3.8, 4) is 11.1 Å². The molecule has 1 amide bonds. The van der Waals surface area contributed by atoms with Gasteiger partial charge in [-0.1, -0.05) is 31.4 Å². The number of aromatic amines is 1. The van der Waals surface area contributed by atoms with Gasteiger partial charge in [0.15, 0.2) is 0 Å². The molecule has 0 spiro atoms. The van der Waals surface area contributed by atoms with Gasteiger partial charge in [0, 0.05) is 18.0 Å². The average Bonchev–Trinajstić information content (AvgIpc) is 3.31. The van der Waals surface area contributed by atoms with Gasteiger partial charge >= 0.3 is 0 Å². The van der Waals surface area contributed by atoms with E-state index in [1.54, 1.807) is 18.3 Å². The van der Waals surface area contributed by atoms with Gasteiger partial charge in [-0.15, -0.1) is 0 Å². The van der Waals surface area contributed by atoms with Gasteiger partial charge in [-0.3, -0.25) is 9.89 Å². The van der Waals surface area contributed by atoms with Gasteiger partial charge in [0.1, 0.15) is 5.82 Å². The van der Waals surface area contributed by atoms with Gasteiger partial charge in [0.05, 0.1) is 17.9 Å². The van der Waals surface area contributed by atoms with Crippen molar-refractivity contribution in [3.05, 3.63) is 42.0 Å². The summed E-state index contributed by atoms with van der Waals surface area (Å²) >= 11 is 0. The van der Waals surface area contributed by atoms with E-state index in [2.05, 4.69) is 15.1 Å². The smallest absolute Gasteiger partial charge is 0.226 e. The second-order valence-corrected chi connectivity index (χ2v) is 7.23. The second kappa shape index (κ2) is 6.98. The molecule has 0 bridgehead atoms. The predicted octanol–water partition coefficient (Wildman–Crippen LogP) is 4.46. The lowest BCUT2D eigenvalue weighted by atomic mass is 9.88. The third kappa shape index (κ3) is 3.20. The molecule has 4 nitrogen and oxygen atoms in total. The van der Waals surface area contributed by atoms with E-state index < -0.39 is 0 Å². The summed E-state index contributed by atoms with van der Waals surface area (Å²) in [7, 11) is 0. The maximum atomic E-state index is 13.2. The van der Waals surface area contributed by atoms with Crippen LogP contribution in [-0.2, 0) is 4.79 Å². The minimum Gasteiger partial charge on any atom is -0.334 e. The number of benzene rings is 1. The molecule has 4 rings (SSSR count). The lowest BCUT2D eigenvalue weighted by molar-refractivity contribution is -0.137. The van der Waals surface area contributed by atoms with Crippen LogP contribution in [0.15, 0.2) is 30.5 Å². The van der Waals surface area contributed by atoms with Gasteiger partial charge in [-0.2, -0.15) is 5.10 Å². The Morgan fingerprint density at radius 2 is 1.84 bits per heavy atom. The fourth-order valence-electron chi connectivity index (χ4n) is 4.32. The summed E-state index contributed by atoms with van der Waals surface area (Å²) in [5.74, 6) is 0.247. The molecule has 1 saturated carbocycles. The Bertz CT molecular complexity index is 734. The molecule has 1 atom stereocenters. The van der Waals surface area contributed by atoms with Crippen molar-refractivity contribution >= 4 is 5.91 Å². The molecule has 2 aromatic rings. The first-order valence-corrected chi connectivity index (χ1v) is 9.34. The van der Waals surface area contributed by atoms with Crippen molar-refractivity contribution in [2.75, 3.05) is 6.54 Å². The molecular weight excluding hydrogens is 317 g/mol. The largest absolute Gasteiger partial charge is 0.334 e. The quantitative estimate of drug-likeness (QED) is 0.896. The lowest BCUT2D eigenvalue weighted by Gasteiger charge is -2.30. The Morgan fingerprint density at radius 3 is 2.60 bits per heavy atom. The molecule has 1 aliphatic heterocycles. The highest BCUT2D eigenvalue weighted by molar-refractivity contribution is 5.80. The monoisotopic (exact) mass is 341 g/mol. The maximum Gasteiger partial charge on any atom is 0.226 e. The van der Waals surface area contributed by atoms with E-state index in [0.717, 1.165) is 49.0 Å². The molecule has 2 heterocycles. The van der Waals surface area contributed by atoms with Gasteiger partial charge in [-0.05, 0) is 43.4 Å². The molecule has 1 N–H and O–H groups in total. The van der Waals surface area contributed by atoms with Crippen LogP contribution in [0.25, 0.3) is 11.1 Å². The Kier molecular flexibility index (Phi) is 4.55. The Balaban J connectivity index is 1.59. The molecule has 0 radical (unpaired) electrons. The van der Waals surface area contributed by atoms with Crippen molar-refractivity contribution in [2.24, 2.45) is 5.92 Å². The lowest BCUT2D eigenvalue weighted by Crippen LogP contribution is -2.36. The number of nitrogens with one attached hydrogen (secondary N) is 1. The van der Waals surface area contributed by atoms with Crippen molar-refractivity contribution in [2.45, 2.75) is 51.0 Å². The van der Waals surface area contributed by atoms with Crippen molar-refractivity contribution in [1.29, 1.82) is 0 Å². The van der Waals surface area contributed by atoms with Crippen LogP contribution in [0.1, 0.15) is 56.7 Å². The first kappa shape index (κ1) is 16.3. The molecule has 5 heteroatoms. The summed E-state index contributed by atoms with van der Waals surface area (Å²) < 4.78 is 13.2. The van der Waals surface area contributed by atoms with Gasteiger partial charge in [0.2, 0.25) is 5.91 Å². The fraction of sp³-hybridized carbons (Fsp3) is 0.500. The number of carbonyl (C=O) groups excluding carboxylic acids is 1. The number of H-pyrrole nitrogens is 1. The zero-order valence-corrected chi connectivity index (χ0v) is 14.4. The van der Waals surface area contributed by atoms with Gasteiger partial charge in [-0.25, -0.2) is 4.39 Å². The molecule has 2 fully saturated rings. The van der Waals surface area contributed by atoms with Crippen molar-refractivity contribution in [1.82, 2.24) is 15.1 Å². The van der Waals surface area contributed by atoms with Crippen LogP contribution in [0.5, 0.6) is 0 Å². The standard InChI is InChI=1S/C20H24FN3O/c21-16-10-8-14(9-11-16)17-13-22-23-19(17)18-7-4-12-24(18)20(25)15-5-2-1-3-6-15/h8-11,13,15,18H,1-7,12H2,(H,22,23)/t18-/m0/s1. The number of halogens is 1. The van der Waals surface area contributed by atoms with Crippen LogP contribution in [0, 0.1) is 11.7 Å². The Hall–Kier alpha value is -2.17. The summed E-state index contributed by atoms with van der Waals surface area (Å²) in [6, 6.07) is 6.52. The normalized spacial score (nSPS) is 21.6. The fourth-order valence-corrected chi connectivity index (χ4v) is 4.32. The number of hydrogen-bond acceptors (Lipinski definition) is 2. The van der Waals surface area contributed by atoms with E-state index in [-0.39, 0.29) is 17.8 Å². The number of aromatic nitrogens is 2. The van der Waals surface area contributed by atoms with E-state index in [9.17, 15) is 9.18 Å². The highest BCUT2D eigenvalue weighted by atomic mass is 19.1. The number of amides is 1. The number of nitrogens with zero attached hydrogens (tertiary/aromatic N) is 2. The summed E-state index contributed by atoms with van der Waals surface area (Å²) in [6.07, 6.45) is 9.39. The minimum atomic E-state index is -0.247. The molecule has 2 aliphatic rings. The van der Waals surface area contributed by atoms with Crippen molar-refractivity contribution in [3.63, 3.8) is 0 Å². The first-order valence-electron chi connectivity index (χ1n) is 9.34. The summed E-state index contributed by atoms with van der Waals surface area (Å²) in [5.41, 5.74) is 2.88. The van der Waals surface area contributed by atoms with Crippen LogP contribution in [0.2, 0.25) is 0 Å². The van der Waals surface area contributed by atoms with E-state index in [1.807, 2.05) is 0 Å². The predicted molar refractivity (Wildman–Crippen MR) is 94.2 cm³/mol. The van der Waals surface area contributed by atoms with Crippen LogP contribution < -0.4 is 0 Å². The maximum absolute atomic E-state index is 13.2. The van der Waals surface area contributed by atoms with E-state index in [0.29, 0.717) is 5.91 Å². The molecule has 132 valence electrons. The summed E-state index contributed by atoms with van der Waals surface area (Å²) in [5, 5.41) is 7.33. The van der Waals surface area contributed by atoms with Gasteiger partial charge in [0.25, 0.3) is 0 Å². The number of carbonyl (C=O) groups is 1. The minimum absolute atomic E-state index is 0.0528. The first-order chi connectivity index (χ1) is 12.2. The second-order valence-electron chi connectivity index (χ2n) is 7.23. The zero-order valence-electron chi connectivity index (χ0n) is 14.4. The Morgan fingerprint density at radius 1 is 1.08 bits per heavy atom. The van der Waals surface area contributed by atoms with Crippen molar-refractivity contribution < 1.29 is 9.18 Å². The number of likely N-dealkylation sites (tertiary alicyclic amines) is 1. The van der Waals surface area contributed by atoms with E-state index in [4.69, 9.17) is 0 Å². The van der Waals surface area contributed by atoms with Crippen LogP contribution in [0.3, 0.4) is 0 Å². The molecular formula is C20H24FN3O. The van der Waals surface area contributed by atoms with Gasteiger partial charge < -0.3 is 4.90 Å².